The predicted octanol–water partition coefficient (Wildman–Crippen LogP) is -0.217. The molecule has 1 aromatic heterocycles. The first-order valence-corrected chi connectivity index (χ1v) is 8.20. The number of nitrogens with zero attached hydrogens (tertiary/aromatic N) is 2. The molecule has 3 N–H and O–H groups in total. The van der Waals surface area contributed by atoms with E-state index in [9.17, 15) is 9.36 Å². The highest BCUT2D eigenvalue weighted by molar-refractivity contribution is 7.62. The maximum Gasteiger partial charge on any atom is 0.349 e. The Labute approximate surface area is 105 Å². The third kappa shape index (κ3) is 5.00. The van der Waals surface area contributed by atoms with Gasteiger partial charge in [-0.15, -0.1) is 0 Å². The molecule has 0 saturated carbocycles. The van der Waals surface area contributed by atoms with E-state index in [1.165, 1.54) is 16.8 Å². The van der Waals surface area contributed by atoms with Crippen LogP contribution >= 0.6 is 7.14 Å². The van der Waals surface area contributed by atoms with Gasteiger partial charge in [-0.3, -0.25) is 4.57 Å². The highest BCUT2D eigenvalue weighted by Gasteiger charge is 2.14. The molecular weight excluding hydrogens is 257 g/mol. The second-order valence-corrected chi connectivity index (χ2v) is 7.87. The molecule has 1 rings (SSSR count). The third-order valence-corrected chi connectivity index (χ3v) is 2.89. The summed E-state index contributed by atoms with van der Waals surface area (Å²) < 4.78 is 18.1. The maximum absolute atomic E-state index is 11.5. The Balaban J connectivity index is 2.68. The number of aliphatic hydroxyl groups excluding tert-OH is 1. The predicted molar refractivity (Wildman–Crippen MR) is 69.2 cm³/mol. The average Bonchev–Trinajstić information content (AvgIpc) is 2.25. The summed E-state index contributed by atoms with van der Waals surface area (Å²) in [6.07, 6.45) is 0.949. The Bertz CT molecular complexity index is 496. The number of aromatic nitrogens is 2. The summed E-state index contributed by atoms with van der Waals surface area (Å²) >= 11 is 0. The second kappa shape index (κ2) is 6.13. The monoisotopic (exact) mass is 275 g/mol. The van der Waals surface area contributed by atoms with Crippen LogP contribution in [0.25, 0.3) is 0 Å². The minimum absolute atomic E-state index is 0.0649. The third-order valence-electron chi connectivity index (χ3n) is 2.12. The van der Waals surface area contributed by atoms with E-state index in [2.05, 4.69) is 4.98 Å². The summed E-state index contributed by atoms with van der Waals surface area (Å²) in [5.74, 6) is 0.143. The van der Waals surface area contributed by atoms with E-state index in [-0.39, 0.29) is 25.3 Å². The fourth-order valence-electron chi connectivity index (χ4n) is 1.25. The number of nitrogens with two attached hydrogens (primary N) is 1. The molecule has 0 aliphatic carbocycles. The van der Waals surface area contributed by atoms with Crippen LogP contribution in [0.1, 0.15) is 0 Å². The van der Waals surface area contributed by atoms with Crippen molar-refractivity contribution in [2.45, 2.75) is 12.6 Å². The van der Waals surface area contributed by atoms with Gasteiger partial charge in [-0.2, -0.15) is 4.98 Å². The Morgan fingerprint density at radius 2 is 2.28 bits per heavy atom. The van der Waals surface area contributed by atoms with Crippen LogP contribution in [0.5, 0.6) is 0 Å². The summed E-state index contributed by atoms with van der Waals surface area (Å²) in [6, 6.07) is 1.49. The number of hydrogen-bond donors (Lipinski definition) is 2. The van der Waals surface area contributed by atoms with Gasteiger partial charge < -0.3 is 20.1 Å². The molecule has 0 spiro atoms. The van der Waals surface area contributed by atoms with E-state index < -0.39 is 18.9 Å². The molecule has 0 radical (unpaired) electrons. The second-order valence-electron chi connectivity index (χ2n) is 4.46. The van der Waals surface area contributed by atoms with Gasteiger partial charge in [-0.05, 0) is 19.4 Å². The molecule has 0 amide bonds. The van der Waals surface area contributed by atoms with E-state index in [0.717, 1.165) is 0 Å². The summed E-state index contributed by atoms with van der Waals surface area (Å²) in [5, 5.41) is 9.15. The van der Waals surface area contributed by atoms with E-state index >= 15 is 0 Å². The van der Waals surface area contributed by atoms with Gasteiger partial charge in [-0.25, -0.2) is 4.79 Å². The van der Waals surface area contributed by atoms with Crippen LogP contribution < -0.4 is 11.4 Å². The Hall–Kier alpha value is -1.17. The van der Waals surface area contributed by atoms with Gasteiger partial charge in [-0.1, -0.05) is 0 Å². The molecule has 0 bridgehead atoms. The maximum atomic E-state index is 11.5. The molecule has 7 nitrogen and oxygen atoms in total. The van der Waals surface area contributed by atoms with Crippen molar-refractivity contribution in [2.24, 2.45) is 0 Å². The van der Waals surface area contributed by atoms with E-state index in [1.807, 2.05) is 0 Å². The van der Waals surface area contributed by atoms with Crippen LogP contribution in [0.3, 0.4) is 0 Å². The lowest BCUT2D eigenvalue weighted by Crippen LogP contribution is -2.32. The largest absolute Gasteiger partial charge is 0.394 e. The van der Waals surface area contributed by atoms with Gasteiger partial charge in [0.1, 0.15) is 13.0 Å². The van der Waals surface area contributed by atoms with E-state index in [1.54, 1.807) is 13.3 Å². The first-order valence-electron chi connectivity index (χ1n) is 5.41. The van der Waals surface area contributed by atoms with E-state index in [0.29, 0.717) is 0 Å². The van der Waals surface area contributed by atoms with Crippen LogP contribution in [0, 0.1) is 0 Å². The number of anilines is 1. The zero-order chi connectivity index (χ0) is 13.8. The van der Waals surface area contributed by atoms with Gasteiger partial charge in [0, 0.05) is 6.20 Å². The molecular formula is C10H18N3O4P. The Morgan fingerprint density at radius 1 is 1.61 bits per heavy atom. The first-order chi connectivity index (χ1) is 8.31. The lowest BCUT2D eigenvalue weighted by molar-refractivity contribution is 0.0249. The van der Waals surface area contributed by atoms with Crippen LogP contribution in [0.15, 0.2) is 17.1 Å². The molecule has 0 aromatic carbocycles. The van der Waals surface area contributed by atoms with Crippen LogP contribution in [-0.4, -0.2) is 47.0 Å². The Morgan fingerprint density at radius 3 is 2.78 bits per heavy atom. The van der Waals surface area contributed by atoms with Crippen molar-refractivity contribution in [3.05, 3.63) is 22.7 Å². The molecule has 18 heavy (non-hydrogen) atoms. The van der Waals surface area contributed by atoms with Gasteiger partial charge in [0.05, 0.1) is 25.6 Å². The van der Waals surface area contributed by atoms with Crippen LogP contribution in [0.4, 0.5) is 5.82 Å². The number of ether oxygens (including phenoxy) is 1. The lowest BCUT2D eigenvalue weighted by Gasteiger charge is -2.18. The highest BCUT2D eigenvalue weighted by atomic mass is 31.2. The molecule has 0 aliphatic rings. The number of rotatable bonds is 6. The van der Waals surface area contributed by atoms with Crippen LogP contribution in [-0.2, 0) is 15.8 Å². The quantitative estimate of drug-likeness (QED) is 0.695. The van der Waals surface area contributed by atoms with Gasteiger partial charge >= 0.3 is 5.69 Å². The van der Waals surface area contributed by atoms with Crippen molar-refractivity contribution in [2.75, 3.05) is 32.0 Å². The fraction of sp³-hybridized carbons (Fsp3) is 0.600. The zero-order valence-corrected chi connectivity index (χ0v) is 11.3. The zero-order valence-electron chi connectivity index (χ0n) is 10.4. The molecule has 0 saturated heterocycles. The van der Waals surface area contributed by atoms with Gasteiger partial charge in [0.2, 0.25) is 0 Å². The number of hydrogen-bond acceptors (Lipinski definition) is 6. The normalized spacial score (nSPS) is 13.5. The SMILES string of the molecule is CP(C)(=O)CO[C@H](CO)Cn1ccc(N)nc1=O. The van der Waals surface area contributed by atoms with Gasteiger partial charge in [0.25, 0.3) is 0 Å². The summed E-state index contributed by atoms with van der Waals surface area (Å²) in [7, 11) is -2.31. The minimum Gasteiger partial charge on any atom is -0.394 e. The molecule has 0 aliphatic heterocycles. The topological polar surface area (TPSA) is 107 Å². The molecule has 1 heterocycles. The van der Waals surface area contributed by atoms with Crippen molar-refractivity contribution >= 4 is 13.0 Å². The molecule has 8 heteroatoms. The molecule has 1 aromatic rings. The van der Waals surface area contributed by atoms with Gasteiger partial charge in [0.15, 0.2) is 0 Å². The highest BCUT2D eigenvalue weighted by Crippen LogP contribution is 2.35. The minimum atomic E-state index is -2.31. The van der Waals surface area contributed by atoms with Crippen molar-refractivity contribution in [3.8, 4) is 0 Å². The average molecular weight is 275 g/mol. The first kappa shape index (κ1) is 14.9. The summed E-state index contributed by atoms with van der Waals surface area (Å²) in [4.78, 5) is 15.0. The van der Waals surface area contributed by atoms with Crippen LogP contribution in [0.2, 0.25) is 0 Å². The summed E-state index contributed by atoms with van der Waals surface area (Å²) in [5.41, 5.74) is 4.86. The smallest absolute Gasteiger partial charge is 0.349 e. The molecule has 0 unspecified atom stereocenters. The summed E-state index contributed by atoms with van der Waals surface area (Å²) in [6.45, 7) is 3.07. The molecule has 1 atom stereocenters. The van der Waals surface area contributed by atoms with Crippen molar-refractivity contribution in [1.82, 2.24) is 9.55 Å². The van der Waals surface area contributed by atoms with Crippen molar-refractivity contribution in [1.29, 1.82) is 0 Å². The Kier molecular flexibility index (Phi) is 5.07. The fourth-order valence-corrected chi connectivity index (χ4v) is 1.82. The number of nitrogen functional groups attached to an aromatic ring is 1. The lowest BCUT2D eigenvalue weighted by atomic mass is 10.3. The van der Waals surface area contributed by atoms with E-state index in [4.69, 9.17) is 15.6 Å². The molecule has 102 valence electrons. The molecule has 0 fully saturated rings. The van der Waals surface area contributed by atoms with Crippen molar-refractivity contribution in [3.63, 3.8) is 0 Å². The number of aliphatic hydroxyl groups is 1. The van der Waals surface area contributed by atoms with Crippen molar-refractivity contribution < 1.29 is 14.4 Å². The standard InChI is InChI=1S/C10H18N3O4P/c1-18(2,16)7-17-8(6-14)5-13-4-3-9(11)12-10(13)15/h3-4,8,14H,5-7H2,1-2H3,(H2,11,12,15)/t8-/m0/s1.